The predicted molar refractivity (Wildman–Crippen MR) is 240 cm³/mol. The smallest absolute Gasteiger partial charge is 0.220 e. The molecular weight excluding hydrogens is 867 g/mol. The standard InChI is InChI=1S/C47H89NO18/c1-3-5-7-9-10-11-12-13-14-15-16-17-18-19-21-23-25-35(53)48-30(31(52)24-22-20-8-6-4-2)29-61-45-41(59)38(56)43(33(27-50)63-45)66-47-42(60)39(57)44(34(28-51)64-47)65-46-40(58)37(55)36(54)32(26-49)62-46/h30-34,36-47,49-52,54-60H,3-29H2,1-2H3,(H,48,53). The number of amides is 1. The lowest BCUT2D eigenvalue weighted by molar-refractivity contribution is -0.379. The Bertz CT molecular complexity index is 1240. The van der Waals surface area contributed by atoms with Gasteiger partial charge in [0.05, 0.1) is 38.6 Å². The first kappa shape index (κ1) is 59.1. The number of nitrogens with one attached hydrogen (secondary N) is 1. The summed E-state index contributed by atoms with van der Waals surface area (Å²) in [6.45, 7) is 1.66. The van der Waals surface area contributed by atoms with Crippen LogP contribution in [-0.2, 0) is 33.2 Å². The second kappa shape index (κ2) is 33.4. The zero-order valence-corrected chi connectivity index (χ0v) is 39.7. The van der Waals surface area contributed by atoms with Gasteiger partial charge in [0.1, 0.15) is 73.2 Å². The van der Waals surface area contributed by atoms with Crippen LogP contribution in [0.25, 0.3) is 0 Å². The molecule has 390 valence electrons. The van der Waals surface area contributed by atoms with Crippen LogP contribution in [0.2, 0.25) is 0 Å². The maximum Gasteiger partial charge on any atom is 0.220 e. The number of hydrogen-bond donors (Lipinski definition) is 12. The number of ether oxygens (including phenoxy) is 6. The Morgan fingerprint density at radius 2 is 0.864 bits per heavy atom. The molecule has 3 aliphatic heterocycles. The van der Waals surface area contributed by atoms with E-state index < -0.39 is 124 Å². The Morgan fingerprint density at radius 3 is 1.32 bits per heavy atom. The molecular formula is C47H89NO18. The molecule has 3 aliphatic rings. The molecule has 0 saturated carbocycles. The summed E-state index contributed by atoms with van der Waals surface area (Å²) in [6.07, 6.45) is -1.49. The van der Waals surface area contributed by atoms with Crippen molar-refractivity contribution < 1.29 is 89.4 Å². The Labute approximate surface area is 392 Å². The summed E-state index contributed by atoms with van der Waals surface area (Å²) in [6, 6.07) is -0.875. The first-order valence-corrected chi connectivity index (χ1v) is 25.3. The molecule has 0 aromatic heterocycles. The van der Waals surface area contributed by atoms with E-state index in [1.807, 2.05) is 0 Å². The van der Waals surface area contributed by atoms with E-state index in [1.165, 1.54) is 77.0 Å². The number of aliphatic hydroxyl groups is 11. The van der Waals surface area contributed by atoms with Gasteiger partial charge in [-0.1, -0.05) is 142 Å². The molecule has 17 unspecified atom stereocenters. The molecule has 1 amide bonds. The van der Waals surface area contributed by atoms with Crippen molar-refractivity contribution in [3.63, 3.8) is 0 Å². The van der Waals surface area contributed by atoms with E-state index in [9.17, 15) is 61.0 Å². The Kier molecular flexibility index (Phi) is 29.9. The summed E-state index contributed by atoms with van der Waals surface area (Å²) in [7, 11) is 0. The number of hydrogen-bond acceptors (Lipinski definition) is 18. The van der Waals surface area contributed by atoms with Crippen molar-refractivity contribution in [2.75, 3.05) is 26.4 Å². The van der Waals surface area contributed by atoms with Gasteiger partial charge in [-0.05, 0) is 12.8 Å². The molecule has 3 fully saturated rings. The van der Waals surface area contributed by atoms with Gasteiger partial charge in [-0.25, -0.2) is 0 Å². The minimum absolute atomic E-state index is 0.249. The normalized spacial score (nSPS) is 33.7. The quantitative estimate of drug-likeness (QED) is 0.0399. The molecule has 17 atom stereocenters. The monoisotopic (exact) mass is 956 g/mol. The Morgan fingerprint density at radius 1 is 0.485 bits per heavy atom. The maximum atomic E-state index is 13.1. The van der Waals surface area contributed by atoms with Crippen molar-refractivity contribution in [2.45, 2.75) is 266 Å². The Balaban J connectivity index is 1.49. The van der Waals surface area contributed by atoms with Gasteiger partial charge in [0, 0.05) is 6.42 Å². The van der Waals surface area contributed by atoms with E-state index in [4.69, 9.17) is 28.4 Å². The highest BCUT2D eigenvalue weighted by Gasteiger charge is 2.53. The van der Waals surface area contributed by atoms with Crippen LogP contribution in [0.5, 0.6) is 0 Å². The highest BCUT2D eigenvalue weighted by molar-refractivity contribution is 5.76. The lowest BCUT2D eigenvalue weighted by Gasteiger charge is -2.48. The molecule has 0 aromatic carbocycles. The van der Waals surface area contributed by atoms with E-state index in [0.717, 1.165) is 51.4 Å². The molecule has 3 heterocycles. The second-order valence-corrected chi connectivity index (χ2v) is 18.6. The van der Waals surface area contributed by atoms with Gasteiger partial charge in [0.15, 0.2) is 18.9 Å². The molecule has 3 saturated heterocycles. The van der Waals surface area contributed by atoms with Crippen molar-refractivity contribution in [3.05, 3.63) is 0 Å². The van der Waals surface area contributed by atoms with Crippen molar-refractivity contribution >= 4 is 5.91 Å². The molecule has 0 bridgehead atoms. The number of carbonyl (C=O) groups excluding carboxylic acids is 1. The highest BCUT2D eigenvalue weighted by atomic mass is 16.8. The van der Waals surface area contributed by atoms with Crippen molar-refractivity contribution in [1.82, 2.24) is 5.32 Å². The van der Waals surface area contributed by atoms with Gasteiger partial charge in [0.2, 0.25) is 5.91 Å². The molecule has 12 N–H and O–H groups in total. The van der Waals surface area contributed by atoms with E-state index in [1.54, 1.807) is 0 Å². The molecule has 0 aliphatic carbocycles. The predicted octanol–water partition coefficient (Wildman–Crippen LogP) is 1.31. The van der Waals surface area contributed by atoms with Crippen LogP contribution in [0.4, 0.5) is 0 Å². The minimum atomic E-state index is -1.97. The average Bonchev–Trinajstić information content (AvgIpc) is 3.31. The maximum absolute atomic E-state index is 13.1. The summed E-state index contributed by atoms with van der Waals surface area (Å²) in [5.41, 5.74) is 0. The second-order valence-electron chi connectivity index (χ2n) is 18.6. The summed E-state index contributed by atoms with van der Waals surface area (Å²) < 4.78 is 34.0. The SMILES string of the molecule is CCCCCCCCCCCCCCCCCCC(=O)NC(COC1OC(CO)C(OC2OC(CO)C(OC3OC(CO)C(O)C(O)C3O)C(O)C2O)C(O)C1O)C(O)CCCCCCC. The van der Waals surface area contributed by atoms with E-state index in [0.29, 0.717) is 12.8 Å². The van der Waals surface area contributed by atoms with Crippen molar-refractivity contribution in [2.24, 2.45) is 0 Å². The first-order chi connectivity index (χ1) is 31.8. The number of rotatable bonds is 35. The number of carbonyl (C=O) groups is 1. The van der Waals surface area contributed by atoms with Crippen LogP contribution < -0.4 is 5.32 Å². The minimum Gasteiger partial charge on any atom is -0.394 e. The number of aliphatic hydroxyl groups excluding tert-OH is 11. The largest absolute Gasteiger partial charge is 0.394 e. The third-order valence-corrected chi connectivity index (χ3v) is 13.2. The lowest BCUT2D eigenvalue weighted by Crippen LogP contribution is -2.66. The topological polar surface area (TPSA) is 307 Å². The van der Waals surface area contributed by atoms with Crippen LogP contribution in [0.15, 0.2) is 0 Å². The summed E-state index contributed by atoms with van der Waals surface area (Å²) >= 11 is 0. The average molecular weight is 956 g/mol. The van der Waals surface area contributed by atoms with Crippen LogP contribution in [0, 0.1) is 0 Å². The molecule has 0 spiro atoms. The van der Waals surface area contributed by atoms with Crippen LogP contribution in [0.1, 0.15) is 162 Å². The van der Waals surface area contributed by atoms with Gasteiger partial charge in [-0.3, -0.25) is 4.79 Å². The molecule has 66 heavy (non-hydrogen) atoms. The van der Waals surface area contributed by atoms with Crippen LogP contribution in [-0.4, -0.2) is 193 Å². The van der Waals surface area contributed by atoms with E-state index in [2.05, 4.69) is 19.2 Å². The van der Waals surface area contributed by atoms with Crippen molar-refractivity contribution in [3.8, 4) is 0 Å². The van der Waals surface area contributed by atoms with Gasteiger partial charge < -0.3 is 89.9 Å². The molecule has 0 aromatic rings. The van der Waals surface area contributed by atoms with Crippen LogP contribution in [0.3, 0.4) is 0 Å². The molecule has 3 rings (SSSR count). The highest BCUT2D eigenvalue weighted by Crippen LogP contribution is 2.33. The van der Waals surface area contributed by atoms with Crippen LogP contribution >= 0.6 is 0 Å². The first-order valence-electron chi connectivity index (χ1n) is 25.3. The molecule has 19 heteroatoms. The van der Waals surface area contributed by atoms with Gasteiger partial charge in [-0.15, -0.1) is 0 Å². The van der Waals surface area contributed by atoms with E-state index >= 15 is 0 Å². The Hall–Kier alpha value is -1.21. The summed E-state index contributed by atoms with van der Waals surface area (Å²) in [5, 5.41) is 119. The van der Waals surface area contributed by atoms with Crippen molar-refractivity contribution in [1.29, 1.82) is 0 Å². The fourth-order valence-corrected chi connectivity index (χ4v) is 8.90. The van der Waals surface area contributed by atoms with Gasteiger partial charge in [-0.2, -0.15) is 0 Å². The van der Waals surface area contributed by atoms with Gasteiger partial charge >= 0.3 is 0 Å². The molecule has 0 radical (unpaired) electrons. The summed E-state index contributed by atoms with van der Waals surface area (Å²) in [4.78, 5) is 13.1. The molecule has 19 nitrogen and oxygen atoms in total. The lowest BCUT2D eigenvalue weighted by atomic mass is 9.96. The zero-order chi connectivity index (χ0) is 48.4. The van der Waals surface area contributed by atoms with Gasteiger partial charge in [0.25, 0.3) is 0 Å². The third-order valence-electron chi connectivity index (χ3n) is 13.2. The fraction of sp³-hybridized carbons (Fsp3) is 0.979. The summed E-state index contributed by atoms with van der Waals surface area (Å²) in [5.74, 6) is -0.249. The fourth-order valence-electron chi connectivity index (χ4n) is 8.90. The zero-order valence-electron chi connectivity index (χ0n) is 39.7. The third kappa shape index (κ3) is 19.5. The number of unbranched alkanes of at least 4 members (excludes halogenated alkanes) is 19. The van der Waals surface area contributed by atoms with E-state index in [-0.39, 0.29) is 18.9 Å².